The second-order valence-corrected chi connectivity index (χ2v) is 4.99. The molecule has 6 heteroatoms. The maximum atomic E-state index is 6.08. The van der Waals surface area contributed by atoms with Crippen LogP contribution in [0.5, 0.6) is 11.6 Å². The Morgan fingerprint density at radius 1 is 1.10 bits per heavy atom. The molecule has 21 heavy (non-hydrogen) atoms. The number of H-pyrrole nitrogens is 1. The number of nitrogens with zero attached hydrogens (tertiary/aromatic N) is 3. The molecular formula is C15H17N5O. The van der Waals surface area contributed by atoms with Crippen LogP contribution in [0.2, 0.25) is 0 Å². The van der Waals surface area contributed by atoms with Gasteiger partial charge in [-0.25, -0.2) is 0 Å². The third-order valence-corrected chi connectivity index (χ3v) is 3.57. The molecule has 1 aromatic carbocycles. The quantitative estimate of drug-likeness (QED) is 0.772. The van der Waals surface area contributed by atoms with Gasteiger partial charge in [0, 0.05) is 7.05 Å². The molecule has 0 radical (unpaired) electrons. The van der Waals surface area contributed by atoms with E-state index in [0.29, 0.717) is 17.5 Å². The van der Waals surface area contributed by atoms with E-state index in [-0.39, 0.29) is 0 Å². The maximum Gasteiger partial charge on any atom is 0.235 e. The van der Waals surface area contributed by atoms with Crippen LogP contribution in [-0.4, -0.2) is 27.2 Å². The van der Waals surface area contributed by atoms with E-state index in [0.717, 1.165) is 22.3 Å². The Bertz CT molecular complexity index is 809. The zero-order chi connectivity index (χ0) is 15.0. The van der Waals surface area contributed by atoms with Crippen molar-refractivity contribution in [2.45, 2.75) is 20.8 Å². The first kappa shape index (κ1) is 13.4. The minimum Gasteiger partial charge on any atom is -0.437 e. The lowest BCUT2D eigenvalue weighted by molar-refractivity contribution is 0.461. The Kier molecular flexibility index (Phi) is 3.21. The highest BCUT2D eigenvalue weighted by molar-refractivity contribution is 5.81. The summed E-state index contributed by atoms with van der Waals surface area (Å²) >= 11 is 0. The maximum absolute atomic E-state index is 6.08. The van der Waals surface area contributed by atoms with Crippen LogP contribution in [0.15, 0.2) is 18.3 Å². The summed E-state index contributed by atoms with van der Waals surface area (Å²) < 4.78 is 6.08. The molecular weight excluding hydrogens is 266 g/mol. The van der Waals surface area contributed by atoms with Crippen LogP contribution < -0.4 is 10.1 Å². The van der Waals surface area contributed by atoms with Gasteiger partial charge in [-0.05, 0) is 37.5 Å². The Balaban J connectivity index is 2.14. The van der Waals surface area contributed by atoms with Gasteiger partial charge in [0.2, 0.25) is 11.8 Å². The van der Waals surface area contributed by atoms with Gasteiger partial charge in [-0.1, -0.05) is 12.1 Å². The number of fused-ring (bicyclic) bond motifs is 1. The van der Waals surface area contributed by atoms with E-state index >= 15 is 0 Å². The molecule has 2 heterocycles. The average molecular weight is 283 g/mol. The molecule has 6 nitrogen and oxygen atoms in total. The van der Waals surface area contributed by atoms with Crippen LogP contribution in [0.1, 0.15) is 16.7 Å². The molecule has 0 fully saturated rings. The zero-order valence-electron chi connectivity index (χ0n) is 12.5. The largest absolute Gasteiger partial charge is 0.437 e. The summed E-state index contributed by atoms with van der Waals surface area (Å²) in [7, 11) is 1.77. The topological polar surface area (TPSA) is 75.7 Å². The van der Waals surface area contributed by atoms with Crippen LogP contribution in [0.4, 0.5) is 5.95 Å². The number of rotatable bonds is 3. The number of hydrogen-bond donors (Lipinski definition) is 2. The van der Waals surface area contributed by atoms with E-state index in [9.17, 15) is 0 Å². The molecule has 0 aliphatic carbocycles. The van der Waals surface area contributed by atoms with E-state index in [1.54, 1.807) is 13.2 Å². The van der Waals surface area contributed by atoms with E-state index in [1.165, 1.54) is 5.56 Å². The van der Waals surface area contributed by atoms with Gasteiger partial charge in [-0.3, -0.25) is 5.10 Å². The normalized spacial score (nSPS) is 10.9. The summed E-state index contributed by atoms with van der Waals surface area (Å²) in [5.74, 6) is 1.82. The van der Waals surface area contributed by atoms with Crippen LogP contribution in [0, 0.1) is 20.8 Å². The number of aryl methyl sites for hydroxylation is 2. The minimum atomic E-state index is 0.490. The molecule has 108 valence electrons. The van der Waals surface area contributed by atoms with Gasteiger partial charge >= 0.3 is 0 Å². The Morgan fingerprint density at radius 3 is 2.62 bits per heavy atom. The molecule has 0 saturated heterocycles. The molecule has 3 rings (SSSR count). The number of hydrogen-bond acceptors (Lipinski definition) is 5. The number of anilines is 1. The highest BCUT2D eigenvalue weighted by Crippen LogP contribution is 2.33. The highest BCUT2D eigenvalue weighted by atomic mass is 16.5. The van der Waals surface area contributed by atoms with Gasteiger partial charge in [0.25, 0.3) is 0 Å². The van der Waals surface area contributed by atoms with Gasteiger partial charge in [-0.15, -0.1) is 0 Å². The summed E-state index contributed by atoms with van der Waals surface area (Å²) in [6.45, 7) is 6.13. The summed E-state index contributed by atoms with van der Waals surface area (Å²) in [4.78, 5) is 8.69. The summed E-state index contributed by atoms with van der Waals surface area (Å²) in [6.07, 6.45) is 1.67. The fourth-order valence-electron chi connectivity index (χ4n) is 2.18. The second kappa shape index (κ2) is 5.05. The fraction of sp³-hybridized carbons (Fsp3) is 0.267. The number of benzene rings is 1. The van der Waals surface area contributed by atoms with E-state index in [2.05, 4.69) is 38.5 Å². The van der Waals surface area contributed by atoms with Crippen molar-refractivity contribution in [1.82, 2.24) is 20.2 Å². The van der Waals surface area contributed by atoms with Crippen molar-refractivity contribution in [2.75, 3.05) is 12.4 Å². The molecule has 0 spiro atoms. The number of aromatic amines is 1. The van der Waals surface area contributed by atoms with Crippen molar-refractivity contribution in [3.8, 4) is 11.6 Å². The van der Waals surface area contributed by atoms with Gasteiger partial charge < -0.3 is 10.1 Å². The third kappa shape index (κ3) is 2.29. The van der Waals surface area contributed by atoms with Gasteiger partial charge in [0.15, 0.2) is 5.65 Å². The number of nitrogens with one attached hydrogen (secondary N) is 2. The molecule has 0 amide bonds. The molecule has 2 N–H and O–H groups in total. The first-order valence-electron chi connectivity index (χ1n) is 6.73. The lowest BCUT2D eigenvalue weighted by Gasteiger charge is -2.13. The fourth-order valence-corrected chi connectivity index (χ4v) is 2.18. The van der Waals surface area contributed by atoms with Crippen molar-refractivity contribution >= 4 is 17.0 Å². The molecule has 0 saturated carbocycles. The lowest BCUT2D eigenvalue weighted by atomic mass is 10.1. The number of ether oxygens (including phenoxy) is 1. The van der Waals surface area contributed by atoms with E-state index in [4.69, 9.17) is 4.74 Å². The zero-order valence-corrected chi connectivity index (χ0v) is 12.5. The molecule has 0 aliphatic rings. The first-order valence-corrected chi connectivity index (χ1v) is 6.73. The Hall–Kier alpha value is -2.63. The lowest BCUT2D eigenvalue weighted by Crippen LogP contribution is -2.00. The minimum absolute atomic E-state index is 0.490. The summed E-state index contributed by atoms with van der Waals surface area (Å²) in [5.41, 5.74) is 4.00. The van der Waals surface area contributed by atoms with Gasteiger partial charge in [0.1, 0.15) is 11.1 Å². The van der Waals surface area contributed by atoms with Gasteiger partial charge in [-0.2, -0.15) is 15.1 Å². The van der Waals surface area contributed by atoms with Crippen LogP contribution in [0.3, 0.4) is 0 Å². The third-order valence-electron chi connectivity index (χ3n) is 3.57. The monoisotopic (exact) mass is 283 g/mol. The average Bonchev–Trinajstić information content (AvgIpc) is 2.95. The van der Waals surface area contributed by atoms with Crippen LogP contribution >= 0.6 is 0 Å². The second-order valence-electron chi connectivity index (χ2n) is 4.99. The predicted octanol–water partition coefficient (Wildman–Crippen LogP) is 3.11. The highest BCUT2D eigenvalue weighted by Gasteiger charge is 2.14. The smallest absolute Gasteiger partial charge is 0.235 e. The van der Waals surface area contributed by atoms with Crippen molar-refractivity contribution in [1.29, 1.82) is 0 Å². The molecule has 0 unspecified atom stereocenters. The summed E-state index contributed by atoms with van der Waals surface area (Å²) in [6, 6.07) is 4.13. The van der Waals surface area contributed by atoms with Crippen molar-refractivity contribution in [2.24, 2.45) is 0 Å². The molecule has 3 aromatic rings. The molecule has 2 aromatic heterocycles. The van der Waals surface area contributed by atoms with Gasteiger partial charge in [0.05, 0.1) is 6.20 Å². The standard InChI is InChI=1S/C15H17N5O/c1-8-5-6-9(2)12(10(8)3)21-14-11-7-17-20-13(11)18-15(16-4)19-14/h5-7H,1-4H3,(H2,16,17,18,19,20). The van der Waals surface area contributed by atoms with Crippen molar-refractivity contribution in [3.63, 3.8) is 0 Å². The molecule has 0 aliphatic heterocycles. The summed E-state index contributed by atoms with van der Waals surface area (Å²) in [5, 5.41) is 10.5. The van der Waals surface area contributed by atoms with Crippen molar-refractivity contribution < 1.29 is 4.74 Å². The first-order chi connectivity index (χ1) is 10.1. The predicted molar refractivity (Wildman–Crippen MR) is 82.0 cm³/mol. The van der Waals surface area contributed by atoms with Crippen molar-refractivity contribution in [3.05, 3.63) is 35.0 Å². The van der Waals surface area contributed by atoms with Crippen LogP contribution in [-0.2, 0) is 0 Å². The van der Waals surface area contributed by atoms with E-state index < -0.39 is 0 Å². The molecule has 0 atom stereocenters. The number of aromatic nitrogens is 4. The van der Waals surface area contributed by atoms with Crippen LogP contribution in [0.25, 0.3) is 11.0 Å². The Morgan fingerprint density at radius 2 is 1.86 bits per heavy atom. The Labute approximate surface area is 122 Å². The SMILES string of the molecule is CNc1nc(Oc2c(C)ccc(C)c2C)c2cn[nH]c2n1. The molecule has 0 bridgehead atoms. The van der Waals surface area contributed by atoms with E-state index in [1.807, 2.05) is 19.9 Å².